The minimum absolute atomic E-state index is 0.105. The van der Waals surface area contributed by atoms with E-state index in [-0.39, 0.29) is 12.5 Å². The highest BCUT2D eigenvalue weighted by atomic mass is 16.3. The molecule has 2 N–H and O–H groups in total. The molecule has 0 aromatic carbocycles. The van der Waals surface area contributed by atoms with Crippen LogP contribution in [0.1, 0.15) is 30.9 Å². The number of carbonyl (C=O) groups excluding carboxylic acids is 1. The van der Waals surface area contributed by atoms with Gasteiger partial charge in [-0.1, -0.05) is 0 Å². The summed E-state index contributed by atoms with van der Waals surface area (Å²) in [6.07, 6.45) is 4.56. The van der Waals surface area contributed by atoms with Crippen LogP contribution in [-0.2, 0) is 11.3 Å². The number of piperidine rings is 1. The van der Waals surface area contributed by atoms with Gasteiger partial charge in [0.25, 0.3) is 0 Å². The van der Waals surface area contributed by atoms with Crippen molar-refractivity contribution in [3.63, 3.8) is 0 Å². The van der Waals surface area contributed by atoms with Crippen LogP contribution in [0.15, 0.2) is 12.3 Å². The van der Waals surface area contributed by atoms with E-state index in [2.05, 4.69) is 21.4 Å². The minimum atomic E-state index is 0.105. The molecule has 6 nitrogen and oxygen atoms in total. The highest BCUT2D eigenvalue weighted by Crippen LogP contribution is 2.27. The van der Waals surface area contributed by atoms with Gasteiger partial charge in [-0.2, -0.15) is 5.10 Å². The number of nitrogens with one attached hydrogen (secondary N) is 1. The molecule has 1 saturated heterocycles. The molecular weight excluding hydrogens is 256 g/mol. The second kappa shape index (κ2) is 7.40. The molecule has 20 heavy (non-hydrogen) atoms. The van der Waals surface area contributed by atoms with E-state index < -0.39 is 0 Å². The average molecular weight is 280 g/mol. The molecule has 0 aliphatic carbocycles. The molecule has 1 fully saturated rings. The van der Waals surface area contributed by atoms with Crippen molar-refractivity contribution in [3.05, 3.63) is 18.0 Å². The van der Waals surface area contributed by atoms with Gasteiger partial charge >= 0.3 is 0 Å². The Balaban J connectivity index is 1.81. The van der Waals surface area contributed by atoms with Crippen LogP contribution in [0, 0.1) is 0 Å². The molecule has 6 heteroatoms. The van der Waals surface area contributed by atoms with Crippen molar-refractivity contribution in [1.29, 1.82) is 0 Å². The Morgan fingerprint density at radius 1 is 1.45 bits per heavy atom. The van der Waals surface area contributed by atoms with E-state index >= 15 is 0 Å². The van der Waals surface area contributed by atoms with Gasteiger partial charge in [0, 0.05) is 37.8 Å². The van der Waals surface area contributed by atoms with Crippen molar-refractivity contribution in [2.45, 2.75) is 31.7 Å². The molecule has 0 saturated carbocycles. The van der Waals surface area contributed by atoms with Crippen LogP contribution in [0.2, 0.25) is 0 Å². The van der Waals surface area contributed by atoms with Gasteiger partial charge in [0.15, 0.2) is 0 Å². The van der Waals surface area contributed by atoms with Crippen LogP contribution in [0.25, 0.3) is 0 Å². The number of rotatable bonds is 6. The fraction of sp³-hybridized carbons (Fsp3) is 0.714. The molecule has 0 radical (unpaired) electrons. The van der Waals surface area contributed by atoms with Gasteiger partial charge in [-0.05, 0) is 32.0 Å². The molecular formula is C14H24N4O2. The number of aromatic nitrogens is 2. The van der Waals surface area contributed by atoms with E-state index in [0.717, 1.165) is 32.5 Å². The highest BCUT2D eigenvalue weighted by molar-refractivity contribution is 5.75. The first-order valence-corrected chi connectivity index (χ1v) is 7.30. The second-order valence-electron chi connectivity index (χ2n) is 5.24. The number of aliphatic hydroxyl groups excluding tert-OH is 1. The number of hydrogen-bond acceptors (Lipinski definition) is 4. The van der Waals surface area contributed by atoms with Crippen LogP contribution in [-0.4, -0.2) is 59.0 Å². The number of hydrogen-bond donors (Lipinski definition) is 2. The third-order valence-corrected chi connectivity index (χ3v) is 4.00. The smallest absolute Gasteiger partial charge is 0.221 e. The van der Waals surface area contributed by atoms with E-state index in [1.54, 1.807) is 7.05 Å². The maximum absolute atomic E-state index is 11.2. The van der Waals surface area contributed by atoms with Crippen molar-refractivity contribution in [2.24, 2.45) is 0 Å². The first kappa shape index (κ1) is 15.0. The summed E-state index contributed by atoms with van der Waals surface area (Å²) in [5.74, 6) is 0.619. The number of aliphatic hydroxyl groups is 1. The van der Waals surface area contributed by atoms with E-state index in [9.17, 15) is 4.79 Å². The maximum atomic E-state index is 11.2. The van der Waals surface area contributed by atoms with Gasteiger partial charge in [-0.3, -0.25) is 9.48 Å². The molecule has 1 amide bonds. The summed E-state index contributed by atoms with van der Waals surface area (Å²) in [6, 6.07) is 2.06. The van der Waals surface area contributed by atoms with Crippen LogP contribution in [0.5, 0.6) is 0 Å². The molecule has 0 unspecified atom stereocenters. The van der Waals surface area contributed by atoms with Crippen molar-refractivity contribution in [1.82, 2.24) is 20.0 Å². The van der Waals surface area contributed by atoms with Crippen LogP contribution in [0.4, 0.5) is 0 Å². The zero-order valence-electron chi connectivity index (χ0n) is 12.1. The molecule has 112 valence electrons. The summed E-state index contributed by atoms with van der Waals surface area (Å²) in [5.41, 5.74) is 1.23. The maximum Gasteiger partial charge on any atom is 0.221 e. The lowest BCUT2D eigenvalue weighted by Crippen LogP contribution is -2.36. The number of likely N-dealkylation sites (tertiary alicyclic amines) is 1. The zero-order chi connectivity index (χ0) is 14.4. The SMILES string of the molecule is CNC(=O)CCN1CCC(c2ccnn2CCO)CC1. The average Bonchev–Trinajstić information content (AvgIpc) is 2.94. The normalized spacial score (nSPS) is 17.3. The fourth-order valence-corrected chi connectivity index (χ4v) is 2.81. The Morgan fingerprint density at radius 3 is 2.85 bits per heavy atom. The zero-order valence-corrected chi connectivity index (χ0v) is 12.1. The third-order valence-electron chi connectivity index (χ3n) is 4.00. The Labute approximate surface area is 119 Å². The van der Waals surface area contributed by atoms with Gasteiger partial charge in [0.1, 0.15) is 0 Å². The van der Waals surface area contributed by atoms with E-state index in [4.69, 9.17) is 5.11 Å². The quantitative estimate of drug-likeness (QED) is 0.780. The number of nitrogens with zero attached hydrogens (tertiary/aromatic N) is 3. The molecule has 1 aliphatic heterocycles. The summed E-state index contributed by atoms with van der Waals surface area (Å²) in [6.45, 7) is 3.57. The van der Waals surface area contributed by atoms with Crippen molar-refractivity contribution in [2.75, 3.05) is 33.3 Å². The van der Waals surface area contributed by atoms with E-state index in [0.29, 0.717) is 18.9 Å². The number of carbonyl (C=O) groups is 1. The largest absolute Gasteiger partial charge is 0.394 e. The lowest BCUT2D eigenvalue weighted by molar-refractivity contribution is -0.121. The molecule has 0 bridgehead atoms. The predicted molar refractivity (Wildman–Crippen MR) is 76.4 cm³/mol. The molecule has 2 rings (SSSR count). The monoisotopic (exact) mass is 280 g/mol. The van der Waals surface area contributed by atoms with Gasteiger partial charge in [0.2, 0.25) is 5.91 Å². The van der Waals surface area contributed by atoms with Crippen molar-refractivity contribution in [3.8, 4) is 0 Å². The third kappa shape index (κ3) is 3.80. The summed E-state index contributed by atoms with van der Waals surface area (Å²) in [7, 11) is 1.68. The summed E-state index contributed by atoms with van der Waals surface area (Å²) in [4.78, 5) is 13.6. The first-order chi connectivity index (χ1) is 9.74. The molecule has 1 aromatic rings. The standard InChI is InChI=1S/C14H24N4O2/c1-15-14(20)5-9-17-7-3-12(4-8-17)13-2-6-16-18(13)10-11-19/h2,6,12,19H,3-5,7-11H2,1H3,(H,15,20). The molecule has 2 heterocycles. The van der Waals surface area contributed by atoms with Crippen molar-refractivity contribution < 1.29 is 9.90 Å². The molecule has 1 aliphatic rings. The van der Waals surface area contributed by atoms with Gasteiger partial charge in [0.05, 0.1) is 13.2 Å². The Hall–Kier alpha value is -1.40. The summed E-state index contributed by atoms with van der Waals surface area (Å²) in [5, 5.41) is 16.0. The van der Waals surface area contributed by atoms with Gasteiger partial charge in [-0.25, -0.2) is 0 Å². The molecule has 0 atom stereocenters. The predicted octanol–water partition coefficient (Wildman–Crippen LogP) is 0.191. The molecule has 1 aromatic heterocycles. The lowest BCUT2D eigenvalue weighted by atomic mass is 9.93. The Bertz CT molecular complexity index is 425. The van der Waals surface area contributed by atoms with Crippen LogP contribution < -0.4 is 5.32 Å². The topological polar surface area (TPSA) is 70.4 Å². The Morgan fingerprint density at radius 2 is 2.20 bits per heavy atom. The fourth-order valence-electron chi connectivity index (χ4n) is 2.81. The van der Waals surface area contributed by atoms with Gasteiger partial charge < -0.3 is 15.3 Å². The van der Waals surface area contributed by atoms with E-state index in [1.165, 1.54) is 5.69 Å². The van der Waals surface area contributed by atoms with Crippen LogP contribution in [0.3, 0.4) is 0 Å². The summed E-state index contributed by atoms with van der Waals surface area (Å²) < 4.78 is 1.91. The van der Waals surface area contributed by atoms with Crippen molar-refractivity contribution >= 4 is 5.91 Å². The minimum Gasteiger partial charge on any atom is -0.394 e. The highest BCUT2D eigenvalue weighted by Gasteiger charge is 2.23. The molecule has 0 spiro atoms. The second-order valence-corrected chi connectivity index (χ2v) is 5.24. The van der Waals surface area contributed by atoms with Gasteiger partial charge in [-0.15, -0.1) is 0 Å². The first-order valence-electron chi connectivity index (χ1n) is 7.30. The summed E-state index contributed by atoms with van der Waals surface area (Å²) >= 11 is 0. The number of amides is 1. The lowest BCUT2D eigenvalue weighted by Gasteiger charge is -2.32. The Kier molecular flexibility index (Phi) is 5.55. The van der Waals surface area contributed by atoms with Crippen LogP contribution >= 0.6 is 0 Å². The van der Waals surface area contributed by atoms with E-state index in [1.807, 2.05) is 10.9 Å².